The van der Waals surface area contributed by atoms with Gasteiger partial charge in [0.15, 0.2) is 18.2 Å². The van der Waals surface area contributed by atoms with Crippen LogP contribution in [0, 0.1) is 0 Å². The van der Waals surface area contributed by atoms with Crippen LogP contribution in [0.3, 0.4) is 0 Å². The molecule has 3 aliphatic heterocycles. The molecule has 3 fully saturated rings. The van der Waals surface area contributed by atoms with E-state index in [2.05, 4.69) is 11.9 Å². The number of amides is 1. The van der Waals surface area contributed by atoms with Crippen LogP contribution in [-0.2, 0) is 23.7 Å². The highest BCUT2D eigenvalue weighted by Crippen LogP contribution is 2.41. The van der Waals surface area contributed by atoms with E-state index in [0.29, 0.717) is 12.4 Å². The Bertz CT molecular complexity index is 678. The molecular formula is C19H23NO6. The topological polar surface area (TPSA) is 75.3 Å². The summed E-state index contributed by atoms with van der Waals surface area (Å²) in [4.78, 5) is 12.1. The highest BCUT2D eigenvalue weighted by molar-refractivity contribution is 5.89. The fourth-order valence-corrected chi connectivity index (χ4v) is 3.58. The summed E-state index contributed by atoms with van der Waals surface area (Å²) in [5, 5.41) is 2.87. The molecule has 26 heavy (non-hydrogen) atoms. The smallest absolute Gasteiger partial charge is 0.263 e. The van der Waals surface area contributed by atoms with Gasteiger partial charge in [-0.05, 0) is 26.0 Å². The minimum atomic E-state index is -0.737. The van der Waals surface area contributed by atoms with Gasteiger partial charge in [0.2, 0.25) is 0 Å². The molecule has 0 aromatic heterocycles. The first-order valence-electron chi connectivity index (χ1n) is 8.74. The van der Waals surface area contributed by atoms with Crippen LogP contribution in [0.15, 0.2) is 43.0 Å². The van der Waals surface area contributed by atoms with E-state index < -0.39 is 30.4 Å². The van der Waals surface area contributed by atoms with Crippen molar-refractivity contribution in [2.75, 3.05) is 6.61 Å². The zero-order valence-corrected chi connectivity index (χ0v) is 14.8. The summed E-state index contributed by atoms with van der Waals surface area (Å²) in [6.45, 7) is 7.71. The fourth-order valence-electron chi connectivity index (χ4n) is 3.58. The number of benzene rings is 1. The van der Waals surface area contributed by atoms with Gasteiger partial charge in [0.1, 0.15) is 30.1 Å². The summed E-state index contributed by atoms with van der Waals surface area (Å²) in [5.41, 5.74) is 0. The third-order valence-corrected chi connectivity index (χ3v) is 4.69. The van der Waals surface area contributed by atoms with Crippen molar-refractivity contribution in [3.8, 4) is 5.75 Å². The maximum absolute atomic E-state index is 12.1. The molecule has 0 radical (unpaired) electrons. The van der Waals surface area contributed by atoms with Crippen LogP contribution in [0.25, 0.3) is 0 Å². The monoisotopic (exact) mass is 361 g/mol. The van der Waals surface area contributed by atoms with Crippen molar-refractivity contribution in [3.63, 3.8) is 0 Å². The average molecular weight is 361 g/mol. The molecule has 1 amide bonds. The molecule has 1 aromatic rings. The SMILES string of the molecule is C=CCO[C@H]1[C@@H]([C@H]2NC(=O)[C@H]2Oc2ccccc2)O[C@@H]2OC(C)(C)O[C@@H]21. The van der Waals surface area contributed by atoms with Crippen molar-refractivity contribution in [3.05, 3.63) is 43.0 Å². The van der Waals surface area contributed by atoms with Gasteiger partial charge in [0.25, 0.3) is 5.91 Å². The van der Waals surface area contributed by atoms with E-state index in [0.717, 1.165) is 0 Å². The maximum atomic E-state index is 12.1. The predicted octanol–water partition coefficient (Wildman–Crippen LogP) is 1.38. The van der Waals surface area contributed by atoms with Crippen LogP contribution >= 0.6 is 0 Å². The Morgan fingerprint density at radius 1 is 1.23 bits per heavy atom. The van der Waals surface area contributed by atoms with E-state index in [1.807, 2.05) is 44.2 Å². The Labute approximate surface area is 152 Å². The Morgan fingerprint density at radius 2 is 2.00 bits per heavy atom. The summed E-state index contributed by atoms with van der Waals surface area (Å²) in [6.07, 6.45) is -0.726. The van der Waals surface area contributed by atoms with Crippen molar-refractivity contribution >= 4 is 5.91 Å². The van der Waals surface area contributed by atoms with Crippen molar-refractivity contribution in [2.45, 2.75) is 56.4 Å². The molecule has 3 aliphatic rings. The van der Waals surface area contributed by atoms with Gasteiger partial charge in [0.05, 0.1) is 6.61 Å². The number of fused-ring (bicyclic) bond motifs is 1. The lowest BCUT2D eigenvalue weighted by atomic mass is 9.92. The third kappa shape index (κ3) is 3.12. The number of rotatable bonds is 6. The molecular weight excluding hydrogens is 338 g/mol. The highest BCUT2D eigenvalue weighted by atomic mass is 16.8. The minimum absolute atomic E-state index is 0.177. The maximum Gasteiger partial charge on any atom is 0.263 e. The number of hydrogen-bond acceptors (Lipinski definition) is 6. The van der Waals surface area contributed by atoms with E-state index in [-0.39, 0.29) is 18.1 Å². The average Bonchev–Trinajstić information content (AvgIpc) is 3.08. The number of β-lactam (4-membered cyclic amide) rings is 1. The second-order valence-corrected chi connectivity index (χ2v) is 7.04. The molecule has 1 aromatic carbocycles. The first-order chi connectivity index (χ1) is 12.5. The molecule has 1 N–H and O–H groups in total. The van der Waals surface area contributed by atoms with Crippen molar-refractivity contribution in [2.24, 2.45) is 0 Å². The molecule has 7 nitrogen and oxygen atoms in total. The summed E-state index contributed by atoms with van der Waals surface area (Å²) in [5.74, 6) is -0.282. The van der Waals surface area contributed by atoms with Gasteiger partial charge in [-0.1, -0.05) is 24.3 Å². The van der Waals surface area contributed by atoms with Gasteiger partial charge >= 0.3 is 0 Å². The number of hydrogen-bond donors (Lipinski definition) is 1. The van der Waals surface area contributed by atoms with Crippen LogP contribution in [0.1, 0.15) is 13.8 Å². The fraction of sp³-hybridized carbons (Fsp3) is 0.526. The van der Waals surface area contributed by atoms with Gasteiger partial charge in [-0.2, -0.15) is 0 Å². The van der Waals surface area contributed by atoms with E-state index in [9.17, 15) is 4.79 Å². The summed E-state index contributed by atoms with van der Waals surface area (Å²) in [7, 11) is 0. The molecule has 7 heteroatoms. The molecule has 6 atom stereocenters. The van der Waals surface area contributed by atoms with Gasteiger partial charge in [-0.15, -0.1) is 6.58 Å². The van der Waals surface area contributed by atoms with Gasteiger partial charge in [-0.3, -0.25) is 4.79 Å². The largest absolute Gasteiger partial charge is 0.478 e. The van der Waals surface area contributed by atoms with Crippen molar-refractivity contribution < 1.29 is 28.5 Å². The van der Waals surface area contributed by atoms with Crippen LogP contribution < -0.4 is 10.1 Å². The van der Waals surface area contributed by atoms with Crippen LogP contribution in [-0.4, -0.2) is 55.0 Å². The van der Waals surface area contributed by atoms with E-state index >= 15 is 0 Å². The third-order valence-electron chi connectivity index (χ3n) is 4.69. The molecule has 0 spiro atoms. The quantitative estimate of drug-likeness (QED) is 0.609. The summed E-state index contributed by atoms with van der Waals surface area (Å²) in [6, 6.07) is 8.88. The second kappa shape index (κ2) is 6.66. The van der Waals surface area contributed by atoms with Crippen LogP contribution in [0.5, 0.6) is 5.75 Å². The van der Waals surface area contributed by atoms with E-state index in [4.69, 9.17) is 23.7 Å². The first-order valence-corrected chi connectivity index (χ1v) is 8.74. The number of nitrogens with one attached hydrogen (secondary N) is 1. The zero-order chi connectivity index (χ0) is 18.3. The Kier molecular flexibility index (Phi) is 4.48. The van der Waals surface area contributed by atoms with Crippen molar-refractivity contribution in [1.29, 1.82) is 0 Å². The van der Waals surface area contributed by atoms with Gasteiger partial charge < -0.3 is 29.0 Å². The molecule has 140 valence electrons. The highest BCUT2D eigenvalue weighted by Gasteiger charge is 2.61. The molecule has 4 rings (SSSR count). The van der Waals surface area contributed by atoms with E-state index in [1.54, 1.807) is 6.08 Å². The molecule has 3 heterocycles. The normalized spacial score (nSPS) is 37.5. The van der Waals surface area contributed by atoms with Gasteiger partial charge in [0, 0.05) is 0 Å². The summed E-state index contributed by atoms with van der Waals surface area (Å²) < 4.78 is 29.6. The van der Waals surface area contributed by atoms with Crippen molar-refractivity contribution in [1.82, 2.24) is 5.32 Å². The number of ether oxygens (including phenoxy) is 5. The number of carbonyl (C=O) groups excluding carboxylic acids is 1. The molecule has 0 saturated carbocycles. The molecule has 0 aliphatic carbocycles. The standard InChI is InChI=1S/C19H23NO6/c1-4-10-22-15-13(24-18-16(15)25-19(2,3)26-18)12-14(17(21)20-12)23-11-8-6-5-7-9-11/h4-9,12-16,18H,1,10H2,2-3H3,(H,20,21)/t12-,13-,14+,15+,16-,18-/m1/s1. The second-order valence-electron chi connectivity index (χ2n) is 7.04. The van der Waals surface area contributed by atoms with Crippen LogP contribution in [0.4, 0.5) is 0 Å². The Morgan fingerprint density at radius 3 is 2.69 bits per heavy atom. The zero-order valence-electron chi connectivity index (χ0n) is 14.8. The summed E-state index contributed by atoms with van der Waals surface area (Å²) >= 11 is 0. The Balaban J connectivity index is 1.50. The predicted molar refractivity (Wildman–Crippen MR) is 91.4 cm³/mol. The van der Waals surface area contributed by atoms with Crippen LogP contribution in [0.2, 0.25) is 0 Å². The first kappa shape index (κ1) is 17.5. The number of para-hydroxylation sites is 1. The lowest BCUT2D eigenvalue weighted by molar-refractivity contribution is -0.226. The lowest BCUT2D eigenvalue weighted by Gasteiger charge is -2.41. The van der Waals surface area contributed by atoms with E-state index in [1.165, 1.54) is 0 Å². The molecule has 0 bridgehead atoms. The lowest BCUT2D eigenvalue weighted by Crippen LogP contribution is -2.71. The Hall–Kier alpha value is -1.93. The minimum Gasteiger partial charge on any atom is -0.478 e. The molecule has 3 saturated heterocycles. The number of carbonyl (C=O) groups is 1. The van der Waals surface area contributed by atoms with Gasteiger partial charge in [-0.25, -0.2) is 0 Å². The molecule has 0 unspecified atom stereocenters.